The van der Waals surface area contributed by atoms with Crippen LogP contribution in [0.25, 0.3) is 0 Å². The van der Waals surface area contributed by atoms with Gasteiger partial charge in [0.25, 0.3) is 5.91 Å². The number of nitrogens with one attached hydrogen (secondary N) is 1. The Bertz CT molecular complexity index is 685. The quantitative estimate of drug-likeness (QED) is 0.936. The Balaban J connectivity index is 0.00000176. The summed E-state index contributed by atoms with van der Waals surface area (Å²) in [4.78, 5) is 14.6. The van der Waals surface area contributed by atoms with Crippen molar-refractivity contribution in [2.45, 2.75) is 26.9 Å². The number of fused-ring (bicyclic) bond motifs is 1. The van der Waals surface area contributed by atoms with Crippen LogP contribution in [0, 0.1) is 6.92 Å². The van der Waals surface area contributed by atoms with Crippen LogP contribution in [0.4, 0.5) is 5.69 Å². The molecule has 116 valence electrons. The maximum Gasteiger partial charge on any atom is 0.258 e. The van der Waals surface area contributed by atoms with E-state index in [1.807, 2.05) is 49.1 Å². The molecule has 0 saturated carbocycles. The molecule has 0 radical (unpaired) electrons. The highest BCUT2D eigenvalue weighted by molar-refractivity contribution is 6.06. The average Bonchev–Trinajstić information content (AvgIpc) is 2.95. The minimum absolute atomic E-state index is 0. The number of amides is 1. The van der Waals surface area contributed by atoms with Crippen LogP contribution in [0.5, 0.6) is 0 Å². The lowest BCUT2D eigenvalue weighted by Gasteiger charge is -2.22. The van der Waals surface area contributed by atoms with Gasteiger partial charge in [-0.2, -0.15) is 0 Å². The van der Waals surface area contributed by atoms with Crippen LogP contribution in [-0.4, -0.2) is 12.5 Å². The number of benzene rings is 2. The first-order valence-corrected chi connectivity index (χ1v) is 7.40. The first kappa shape index (κ1) is 16.5. The van der Waals surface area contributed by atoms with Crippen LogP contribution in [0.15, 0.2) is 42.5 Å². The molecule has 0 aliphatic carbocycles. The molecule has 1 amide bonds. The molecular formula is C18H21ClN2O. The van der Waals surface area contributed by atoms with E-state index >= 15 is 0 Å². The molecule has 0 aromatic heterocycles. The van der Waals surface area contributed by atoms with Crippen molar-refractivity contribution in [2.75, 3.05) is 11.4 Å². The number of halogens is 1. The van der Waals surface area contributed by atoms with Gasteiger partial charge in [0.15, 0.2) is 0 Å². The van der Waals surface area contributed by atoms with Crippen molar-refractivity contribution in [2.24, 2.45) is 0 Å². The maximum absolute atomic E-state index is 12.8. The van der Waals surface area contributed by atoms with Gasteiger partial charge in [-0.05, 0) is 54.8 Å². The zero-order chi connectivity index (χ0) is 14.8. The number of nitrogens with zero attached hydrogens (tertiary/aromatic N) is 1. The third-order valence-corrected chi connectivity index (χ3v) is 3.96. The molecule has 3 rings (SSSR count). The molecule has 0 spiro atoms. The zero-order valence-electron chi connectivity index (χ0n) is 12.9. The Hall–Kier alpha value is -1.84. The van der Waals surface area contributed by atoms with E-state index in [2.05, 4.69) is 17.4 Å². The second kappa shape index (κ2) is 6.95. The summed E-state index contributed by atoms with van der Waals surface area (Å²) in [7, 11) is 0. The number of hydrogen-bond donors (Lipinski definition) is 1. The third-order valence-electron chi connectivity index (χ3n) is 3.96. The normalized spacial score (nSPS) is 12.5. The largest absolute Gasteiger partial charge is 0.309 e. The first-order chi connectivity index (χ1) is 10.2. The lowest BCUT2D eigenvalue weighted by molar-refractivity contribution is 0.0988. The minimum atomic E-state index is 0. The highest BCUT2D eigenvalue weighted by Crippen LogP contribution is 2.21. The molecule has 0 unspecified atom stereocenters. The Morgan fingerprint density at radius 2 is 1.91 bits per heavy atom. The van der Waals surface area contributed by atoms with Gasteiger partial charge in [-0.3, -0.25) is 4.79 Å². The van der Waals surface area contributed by atoms with Crippen LogP contribution in [-0.2, 0) is 13.1 Å². The summed E-state index contributed by atoms with van der Waals surface area (Å²) < 4.78 is 0. The standard InChI is InChI=1S/C18H20N2O.ClH/c1-3-20(17-6-4-5-13(2)9-17)18(21)14-7-8-15-11-19-12-16(15)10-14;/h4-10,19H,3,11-12H2,1-2H3;1H. The van der Waals surface area contributed by atoms with Crippen LogP contribution in [0.3, 0.4) is 0 Å². The van der Waals surface area contributed by atoms with Gasteiger partial charge in [0.1, 0.15) is 0 Å². The zero-order valence-corrected chi connectivity index (χ0v) is 13.7. The van der Waals surface area contributed by atoms with Gasteiger partial charge in [-0.1, -0.05) is 18.2 Å². The fourth-order valence-corrected chi connectivity index (χ4v) is 2.82. The van der Waals surface area contributed by atoms with Crippen molar-refractivity contribution in [1.29, 1.82) is 0 Å². The van der Waals surface area contributed by atoms with Crippen molar-refractivity contribution in [1.82, 2.24) is 5.32 Å². The van der Waals surface area contributed by atoms with Gasteiger partial charge in [0, 0.05) is 30.9 Å². The predicted octanol–water partition coefficient (Wildman–Crippen LogP) is 3.69. The van der Waals surface area contributed by atoms with Gasteiger partial charge < -0.3 is 10.2 Å². The molecule has 0 bridgehead atoms. The van der Waals surface area contributed by atoms with E-state index in [1.54, 1.807) is 0 Å². The molecule has 1 N–H and O–H groups in total. The second-order valence-electron chi connectivity index (χ2n) is 5.48. The molecule has 22 heavy (non-hydrogen) atoms. The van der Waals surface area contributed by atoms with Crippen molar-refractivity contribution in [3.63, 3.8) is 0 Å². The number of carbonyl (C=O) groups excluding carboxylic acids is 1. The Labute approximate surface area is 137 Å². The lowest BCUT2D eigenvalue weighted by atomic mass is 10.1. The number of rotatable bonds is 3. The topological polar surface area (TPSA) is 32.3 Å². The van der Waals surface area contributed by atoms with Crippen LogP contribution in [0.1, 0.15) is 34.0 Å². The van der Waals surface area contributed by atoms with E-state index in [-0.39, 0.29) is 18.3 Å². The van der Waals surface area contributed by atoms with Gasteiger partial charge in [-0.25, -0.2) is 0 Å². The molecule has 2 aromatic rings. The highest BCUT2D eigenvalue weighted by atomic mass is 35.5. The van der Waals surface area contributed by atoms with E-state index in [1.165, 1.54) is 11.1 Å². The van der Waals surface area contributed by atoms with Gasteiger partial charge in [0.2, 0.25) is 0 Å². The van der Waals surface area contributed by atoms with Crippen LogP contribution >= 0.6 is 12.4 Å². The summed E-state index contributed by atoms with van der Waals surface area (Å²) in [6, 6.07) is 14.1. The SMILES string of the molecule is CCN(C(=O)c1ccc2c(c1)CNC2)c1cccc(C)c1.Cl. The van der Waals surface area contributed by atoms with E-state index in [0.29, 0.717) is 6.54 Å². The van der Waals surface area contributed by atoms with Crippen molar-refractivity contribution in [3.05, 3.63) is 64.7 Å². The van der Waals surface area contributed by atoms with E-state index in [4.69, 9.17) is 0 Å². The molecular weight excluding hydrogens is 296 g/mol. The fourth-order valence-electron chi connectivity index (χ4n) is 2.82. The summed E-state index contributed by atoms with van der Waals surface area (Å²) in [5.74, 6) is 0.0674. The highest BCUT2D eigenvalue weighted by Gasteiger charge is 2.18. The monoisotopic (exact) mass is 316 g/mol. The summed E-state index contributed by atoms with van der Waals surface area (Å²) in [6.45, 7) is 6.47. The van der Waals surface area contributed by atoms with Crippen molar-refractivity contribution < 1.29 is 4.79 Å². The molecule has 2 aromatic carbocycles. The van der Waals surface area contributed by atoms with E-state index in [0.717, 1.165) is 29.9 Å². The van der Waals surface area contributed by atoms with Gasteiger partial charge in [0.05, 0.1) is 0 Å². The minimum Gasteiger partial charge on any atom is -0.309 e. The Morgan fingerprint density at radius 3 is 2.64 bits per heavy atom. The van der Waals surface area contributed by atoms with E-state index < -0.39 is 0 Å². The van der Waals surface area contributed by atoms with Crippen molar-refractivity contribution >= 4 is 24.0 Å². The smallest absolute Gasteiger partial charge is 0.258 e. The first-order valence-electron chi connectivity index (χ1n) is 7.40. The van der Waals surface area contributed by atoms with E-state index in [9.17, 15) is 4.79 Å². The predicted molar refractivity (Wildman–Crippen MR) is 92.8 cm³/mol. The van der Waals surface area contributed by atoms with Gasteiger partial charge in [-0.15, -0.1) is 12.4 Å². The molecule has 0 fully saturated rings. The number of hydrogen-bond acceptors (Lipinski definition) is 2. The molecule has 4 heteroatoms. The van der Waals surface area contributed by atoms with Gasteiger partial charge >= 0.3 is 0 Å². The Kier molecular flexibility index (Phi) is 5.22. The molecule has 1 heterocycles. The second-order valence-corrected chi connectivity index (χ2v) is 5.48. The summed E-state index contributed by atoms with van der Waals surface area (Å²) >= 11 is 0. The summed E-state index contributed by atoms with van der Waals surface area (Å²) in [6.07, 6.45) is 0. The Morgan fingerprint density at radius 1 is 1.14 bits per heavy atom. The summed E-state index contributed by atoms with van der Waals surface area (Å²) in [5, 5.41) is 3.31. The molecule has 1 aliphatic rings. The number of carbonyl (C=O) groups is 1. The maximum atomic E-state index is 12.8. The number of aryl methyl sites for hydroxylation is 1. The van der Waals surface area contributed by atoms with Crippen LogP contribution in [0.2, 0.25) is 0 Å². The lowest BCUT2D eigenvalue weighted by Crippen LogP contribution is -2.30. The fraction of sp³-hybridized carbons (Fsp3) is 0.278. The molecule has 3 nitrogen and oxygen atoms in total. The molecule has 0 saturated heterocycles. The van der Waals surface area contributed by atoms with Crippen molar-refractivity contribution in [3.8, 4) is 0 Å². The third kappa shape index (κ3) is 3.16. The molecule has 1 aliphatic heterocycles. The summed E-state index contributed by atoms with van der Waals surface area (Å²) in [5.41, 5.74) is 5.42. The van der Waals surface area contributed by atoms with Crippen LogP contribution < -0.4 is 10.2 Å². The molecule has 0 atom stereocenters. The number of anilines is 1. The average molecular weight is 317 g/mol.